The van der Waals surface area contributed by atoms with Gasteiger partial charge in [-0.05, 0) is 72.0 Å². The molecule has 39 heavy (non-hydrogen) atoms. The Kier molecular flexibility index (Phi) is 5.92. The predicted octanol–water partition coefficient (Wildman–Crippen LogP) is 7.02. The fraction of sp³-hybridized carbons (Fsp3) is 0.0968. The van der Waals surface area contributed by atoms with E-state index in [0.717, 1.165) is 35.2 Å². The Bertz CT molecular complexity index is 1990. The van der Waals surface area contributed by atoms with Crippen molar-refractivity contribution in [1.29, 1.82) is 0 Å². The standard InChI is InChI=1S/C31H19Cl2FN2O2S/c32-19-8-13-25(33)24(15-19)26-14-11-21(38-26)16-27-30(37)36-29(18-5-9-20(34)10-6-18)23-12-7-17-3-1-2-4-22(17)28(23)35-31(36)39-27/h1-6,8-11,13-16,29H,7,12H2/b27-16+/t29-/m0/s1. The molecule has 192 valence electrons. The van der Waals surface area contributed by atoms with Crippen molar-refractivity contribution >= 4 is 46.3 Å². The number of nitrogens with zero attached hydrogens (tertiary/aromatic N) is 2. The molecule has 0 unspecified atom stereocenters. The van der Waals surface area contributed by atoms with Crippen molar-refractivity contribution in [3.8, 4) is 11.3 Å². The molecular weight excluding hydrogens is 554 g/mol. The number of allylic oxidation sites excluding steroid dienone is 1. The van der Waals surface area contributed by atoms with Crippen molar-refractivity contribution in [3.63, 3.8) is 0 Å². The zero-order valence-electron chi connectivity index (χ0n) is 20.3. The molecular formula is C31H19Cl2FN2O2S. The van der Waals surface area contributed by atoms with Gasteiger partial charge in [0.15, 0.2) is 4.80 Å². The van der Waals surface area contributed by atoms with Crippen LogP contribution < -0.4 is 14.9 Å². The molecule has 8 heteroatoms. The summed E-state index contributed by atoms with van der Waals surface area (Å²) < 4.78 is 22.1. The Morgan fingerprint density at radius 2 is 1.79 bits per heavy atom. The van der Waals surface area contributed by atoms with E-state index < -0.39 is 0 Å². The minimum absolute atomic E-state index is 0.169. The van der Waals surface area contributed by atoms with E-state index in [-0.39, 0.29) is 17.4 Å². The van der Waals surface area contributed by atoms with Crippen LogP contribution in [0.5, 0.6) is 0 Å². The van der Waals surface area contributed by atoms with Gasteiger partial charge in [0.05, 0.1) is 21.3 Å². The molecule has 0 radical (unpaired) electrons. The summed E-state index contributed by atoms with van der Waals surface area (Å²) in [7, 11) is 0. The molecule has 7 rings (SSSR count). The number of aryl methyl sites for hydroxylation is 1. The second-order valence-electron chi connectivity index (χ2n) is 9.49. The number of hydrogen-bond acceptors (Lipinski definition) is 4. The van der Waals surface area contributed by atoms with Gasteiger partial charge >= 0.3 is 0 Å². The molecule has 5 aromatic rings. The van der Waals surface area contributed by atoms with Gasteiger partial charge in [-0.2, -0.15) is 0 Å². The molecule has 1 aliphatic heterocycles. The van der Waals surface area contributed by atoms with E-state index in [1.54, 1.807) is 53.1 Å². The van der Waals surface area contributed by atoms with Gasteiger partial charge in [-0.1, -0.05) is 70.9 Å². The van der Waals surface area contributed by atoms with E-state index in [4.69, 9.17) is 32.6 Å². The first-order valence-electron chi connectivity index (χ1n) is 12.4. The summed E-state index contributed by atoms with van der Waals surface area (Å²) in [4.78, 5) is 19.5. The van der Waals surface area contributed by atoms with Crippen molar-refractivity contribution in [2.45, 2.75) is 18.9 Å². The minimum Gasteiger partial charge on any atom is -0.457 e. The Labute approximate surface area is 236 Å². The summed E-state index contributed by atoms with van der Waals surface area (Å²) in [6.45, 7) is 0. The fourth-order valence-electron chi connectivity index (χ4n) is 5.36. The lowest BCUT2D eigenvalue weighted by molar-refractivity contribution is 0.570. The summed E-state index contributed by atoms with van der Waals surface area (Å²) in [6.07, 6.45) is 3.35. The van der Waals surface area contributed by atoms with Crippen molar-refractivity contribution in [1.82, 2.24) is 4.57 Å². The Morgan fingerprint density at radius 3 is 2.64 bits per heavy atom. The molecule has 0 amide bonds. The second kappa shape index (κ2) is 9.49. The van der Waals surface area contributed by atoms with Gasteiger partial charge in [-0.25, -0.2) is 9.38 Å². The van der Waals surface area contributed by atoms with Gasteiger partial charge in [0.1, 0.15) is 17.3 Å². The third-order valence-electron chi connectivity index (χ3n) is 7.15. The molecule has 4 nitrogen and oxygen atoms in total. The molecule has 0 spiro atoms. The predicted molar refractivity (Wildman–Crippen MR) is 153 cm³/mol. The molecule has 0 bridgehead atoms. The number of benzene rings is 3. The van der Waals surface area contributed by atoms with Crippen LogP contribution in [0, 0.1) is 5.82 Å². The molecule has 2 aromatic heterocycles. The molecule has 0 saturated carbocycles. The van der Waals surface area contributed by atoms with Crippen LogP contribution in [0.15, 0.2) is 98.6 Å². The van der Waals surface area contributed by atoms with Crippen molar-refractivity contribution in [2.75, 3.05) is 0 Å². The second-order valence-corrected chi connectivity index (χ2v) is 11.3. The lowest BCUT2D eigenvalue weighted by Gasteiger charge is -2.30. The average Bonchev–Trinajstić information content (AvgIpc) is 3.53. The maximum atomic E-state index is 13.9. The summed E-state index contributed by atoms with van der Waals surface area (Å²) in [5.74, 6) is 0.749. The summed E-state index contributed by atoms with van der Waals surface area (Å²) in [5.41, 5.74) is 5.63. The number of hydrogen-bond donors (Lipinski definition) is 0. The summed E-state index contributed by atoms with van der Waals surface area (Å²) in [6, 6.07) is 23.0. The van der Waals surface area contributed by atoms with Crippen LogP contribution in [-0.4, -0.2) is 4.57 Å². The van der Waals surface area contributed by atoms with Gasteiger partial charge in [0, 0.05) is 22.2 Å². The number of thiazole rings is 1. The maximum Gasteiger partial charge on any atom is 0.271 e. The minimum atomic E-state index is -0.371. The van der Waals surface area contributed by atoms with Crippen LogP contribution >= 0.6 is 34.5 Å². The highest BCUT2D eigenvalue weighted by Gasteiger charge is 2.32. The molecule has 1 atom stereocenters. The smallest absolute Gasteiger partial charge is 0.271 e. The Hall–Kier alpha value is -3.71. The lowest BCUT2D eigenvalue weighted by Crippen LogP contribution is -2.38. The zero-order chi connectivity index (χ0) is 26.7. The van der Waals surface area contributed by atoms with Crippen molar-refractivity contribution < 1.29 is 8.81 Å². The molecule has 0 fully saturated rings. The molecule has 1 aliphatic carbocycles. The normalized spacial score (nSPS) is 16.5. The maximum absolute atomic E-state index is 13.9. The Morgan fingerprint density at radius 1 is 0.974 bits per heavy atom. The van der Waals surface area contributed by atoms with E-state index in [9.17, 15) is 9.18 Å². The first kappa shape index (κ1) is 24.3. The van der Waals surface area contributed by atoms with Gasteiger partial charge in [0.2, 0.25) is 0 Å². The van der Waals surface area contributed by atoms with Crippen LogP contribution in [0.2, 0.25) is 10.0 Å². The molecule has 3 heterocycles. The van der Waals surface area contributed by atoms with Crippen molar-refractivity contribution in [3.05, 3.63) is 142 Å². The van der Waals surface area contributed by atoms with Crippen molar-refractivity contribution in [2.24, 2.45) is 4.99 Å². The first-order valence-corrected chi connectivity index (χ1v) is 14.0. The molecule has 0 N–H and O–H groups in total. The van der Waals surface area contributed by atoms with Crippen LogP contribution in [0.25, 0.3) is 23.1 Å². The largest absolute Gasteiger partial charge is 0.457 e. The van der Waals surface area contributed by atoms with E-state index in [2.05, 4.69) is 12.1 Å². The lowest BCUT2D eigenvalue weighted by atomic mass is 9.83. The quantitative estimate of drug-likeness (QED) is 0.233. The fourth-order valence-corrected chi connectivity index (χ4v) is 6.72. The monoisotopic (exact) mass is 572 g/mol. The van der Waals surface area contributed by atoms with E-state index in [1.807, 2.05) is 12.1 Å². The van der Waals surface area contributed by atoms with Crippen LogP contribution in [-0.2, 0) is 6.42 Å². The number of halogens is 3. The van der Waals surface area contributed by atoms with Gasteiger partial charge in [0.25, 0.3) is 5.56 Å². The van der Waals surface area contributed by atoms with Crippen LogP contribution in [0.4, 0.5) is 4.39 Å². The van der Waals surface area contributed by atoms with E-state index in [1.165, 1.54) is 29.0 Å². The molecule has 3 aromatic carbocycles. The molecule has 2 aliphatic rings. The van der Waals surface area contributed by atoms with Crippen LogP contribution in [0.1, 0.15) is 34.9 Å². The van der Waals surface area contributed by atoms with E-state index in [0.29, 0.717) is 36.5 Å². The topological polar surface area (TPSA) is 47.5 Å². The zero-order valence-corrected chi connectivity index (χ0v) is 22.7. The number of furan rings is 1. The summed E-state index contributed by atoms with van der Waals surface area (Å²) in [5, 5.41) is 1.07. The van der Waals surface area contributed by atoms with Crippen LogP contribution in [0.3, 0.4) is 0 Å². The summed E-state index contributed by atoms with van der Waals surface area (Å²) >= 11 is 13.8. The number of rotatable bonds is 3. The molecule has 0 saturated heterocycles. The van der Waals surface area contributed by atoms with Gasteiger partial charge < -0.3 is 4.42 Å². The highest BCUT2D eigenvalue weighted by molar-refractivity contribution is 7.07. The highest BCUT2D eigenvalue weighted by atomic mass is 35.5. The van der Waals surface area contributed by atoms with Gasteiger partial charge in [-0.3, -0.25) is 9.36 Å². The average molecular weight is 573 g/mol. The van der Waals surface area contributed by atoms with Gasteiger partial charge in [-0.15, -0.1) is 0 Å². The number of fused-ring (bicyclic) bond motifs is 3. The highest BCUT2D eigenvalue weighted by Crippen LogP contribution is 2.41. The third-order valence-corrected chi connectivity index (χ3v) is 8.70. The van der Waals surface area contributed by atoms with E-state index >= 15 is 0 Å². The SMILES string of the molecule is O=c1/c(=C\c2ccc(-c3cc(Cl)ccc3Cl)o2)sc2n1[C@@H](c1ccc(F)cc1)C1=C(N=2)c2ccccc2CC1. The first-order chi connectivity index (χ1) is 19.0. The number of aromatic nitrogens is 1. The Balaban J connectivity index is 1.40. The third kappa shape index (κ3) is 4.20.